The van der Waals surface area contributed by atoms with Crippen LogP contribution in [-0.2, 0) is 9.53 Å². The van der Waals surface area contributed by atoms with Crippen molar-refractivity contribution in [1.82, 2.24) is 4.98 Å². The van der Waals surface area contributed by atoms with E-state index in [-0.39, 0.29) is 17.5 Å². The fourth-order valence-corrected chi connectivity index (χ4v) is 4.57. The number of carbonyl (C=O) groups is 2. The second-order valence-corrected chi connectivity index (χ2v) is 8.75. The normalized spacial score (nSPS) is 15.0. The fraction of sp³-hybridized carbons (Fsp3) is 0.476. The van der Waals surface area contributed by atoms with Gasteiger partial charge in [-0.1, -0.05) is 19.3 Å². The van der Waals surface area contributed by atoms with Crippen LogP contribution in [0.4, 0.5) is 29.3 Å². The van der Waals surface area contributed by atoms with Crippen LogP contribution in [0.15, 0.2) is 24.4 Å². The molecule has 1 aromatic carbocycles. The first-order valence-electron chi connectivity index (χ1n) is 10.1. The van der Waals surface area contributed by atoms with Crippen molar-refractivity contribution in [2.75, 3.05) is 10.6 Å². The van der Waals surface area contributed by atoms with Crippen LogP contribution in [0.2, 0.25) is 0 Å². The molecule has 2 amide bonds. The molecule has 0 radical (unpaired) electrons. The van der Waals surface area contributed by atoms with Gasteiger partial charge in [0.15, 0.2) is 0 Å². The maximum atomic E-state index is 12.9. The smallest absolute Gasteiger partial charge is 0.447 e. The van der Waals surface area contributed by atoms with Crippen LogP contribution in [0.25, 0.3) is 10.4 Å². The first-order chi connectivity index (χ1) is 14.6. The van der Waals surface area contributed by atoms with Crippen LogP contribution in [-0.4, -0.2) is 29.3 Å². The Kier molecular flexibility index (Phi) is 7.19. The van der Waals surface area contributed by atoms with Crippen LogP contribution in [0.1, 0.15) is 56.9 Å². The van der Waals surface area contributed by atoms with E-state index in [4.69, 9.17) is 4.74 Å². The highest BCUT2D eigenvalue weighted by atomic mass is 32.1. The molecule has 0 aliphatic heterocycles. The van der Waals surface area contributed by atoms with Gasteiger partial charge in [-0.2, -0.15) is 13.2 Å². The molecule has 0 bridgehead atoms. The molecule has 1 saturated carbocycles. The van der Waals surface area contributed by atoms with Crippen molar-refractivity contribution >= 4 is 34.7 Å². The predicted octanol–water partition coefficient (Wildman–Crippen LogP) is 6.32. The third-order valence-electron chi connectivity index (χ3n) is 4.86. The van der Waals surface area contributed by atoms with Gasteiger partial charge in [0.25, 0.3) is 0 Å². The van der Waals surface area contributed by atoms with Crippen molar-refractivity contribution in [2.24, 2.45) is 0 Å². The molecule has 0 atom stereocenters. The summed E-state index contributed by atoms with van der Waals surface area (Å²) in [7, 11) is 0. The number of hydrogen-bond acceptors (Lipinski definition) is 5. The number of nitrogens with one attached hydrogen (secondary N) is 2. The van der Waals surface area contributed by atoms with Crippen LogP contribution < -0.4 is 10.6 Å². The number of rotatable bonds is 5. The van der Waals surface area contributed by atoms with Gasteiger partial charge in [-0.3, -0.25) is 10.1 Å². The Balaban J connectivity index is 1.90. The molecule has 1 fully saturated rings. The largest absolute Gasteiger partial charge is 0.471 e. The maximum absolute atomic E-state index is 12.9. The van der Waals surface area contributed by atoms with E-state index in [1.807, 2.05) is 5.32 Å². The molecule has 1 heterocycles. The third kappa shape index (κ3) is 6.19. The van der Waals surface area contributed by atoms with Crippen molar-refractivity contribution < 1.29 is 27.5 Å². The molecule has 10 heteroatoms. The number of nitrogens with zero attached hydrogens (tertiary/aromatic N) is 1. The number of halogens is 3. The molecule has 2 aromatic rings. The first kappa shape index (κ1) is 23.1. The number of amides is 2. The van der Waals surface area contributed by atoms with Gasteiger partial charge in [0.2, 0.25) is 0 Å². The van der Waals surface area contributed by atoms with Crippen molar-refractivity contribution in [3.63, 3.8) is 0 Å². The minimum absolute atomic E-state index is 0.0662. The monoisotopic (exact) mass is 455 g/mol. The maximum Gasteiger partial charge on any atom is 0.471 e. The van der Waals surface area contributed by atoms with Crippen LogP contribution in [0.5, 0.6) is 0 Å². The Morgan fingerprint density at radius 2 is 1.87 bits per heavy atom. The van der Waals surface area contributed by atoms with Crippen molar-refractivity contribution in [3.05, 3.63) is 29.4 Å². The molecule has 1 aliphatic rings. The average Bonchev–Trinajstić information content (AvgIpc) is 3.17. The fourth-order valence-electron chi connectivity index (χ4n) is 3.45. The van der Waals surface area contributed by atoms with Gasteiger partial charge in [-0.25, -0.2) is 9.78 Å². The Morgan fingerprint density at radius 3 is 2.52 bits per heavy atom. The Labute approximate surface area is 182 Å². The van der Waals surface area contributed by atoms with Gasteiger partial charge >= 0.3 is 18.2 Å². The molecular formula is C21H24F3N3O3S. The lowest BCUT2D eigenvalue weighted by molar-refractivity contribution is -0.167. The summed E-state index contributed by atoms with van der Waals surface area (Å²) in [5.41, 5.74) is 0.535. The van der Waals surface area contributed by atoms with Crippen LogP contribution >= 0.6 is 11.3 Å². The van der Waals surface area contributed by atoms with Crippen molar-refractivity contribution in [2.45, 2.75) is 64.1 Å². The van der Waals surface area contributed by atoms with Gasteiger partial charge in [0, 0.05) is 23.4 Å². The minimum Gasteiger partial charge on any atom is -0.447 e. The summed E-state index contributed by atoms with van der Waals surface area (Å²) in [6.07, 6.45) is 1.05. The highest BCUT2D eigenvalue weighted by Crippen LogP contribution is 2.40. The van der Waals surface area contributed by atoms with Gasteiger partial charge in [-0.05, 0) is 44.9 Å². The summed E-state index contributed by atoms with van der Waals surface area (Å²) in [6, 6.07) is 4.37. The number of thiazole rings is 1. The lowest BCUT2D eigenvalue weighted by atomic mass is 9.90. The van der Waals surface area contributed by atoms with Gasteiger partial charge in [-0.15, -0.1) is 11.3 Å². The van der Waals surface area contributed by atoms with Gasteiger partial charge < -0.3 is 10.1 Å². The number of aromatic nitrogens is 1. The van der Waals surface area contributed by atoms with E-state index in [1.165, 1.54) is 23.8 Å². The van der Waals surface area contributed by atoms with Crippen molar-refractivity contribution in [3.8, 4) is 10.4 Å². The molecule has 6 nitrogen and oxygen atoms in total. The number of ether oxygens (including phenoxy) is 1. The predicted molar refractivity (Wildman–Crippen MR) is 113 cm³/mol. The van der Waals surface area contributed by atoms with Crippen LogP contribution in [0.3, 0.4) is 0 Å². The summed E-state index contributed by atoms with van der Waals surface area (Å²) < 4.78 is 43.6. The van der Waals surface area contributed by atoms with E-state index in [0.29, 0.717) is 16.4 Å². The zero-order valence-electron chi connectivity index (χ0n) is 17.2. The average molecular weight is 456 g/mol. The molecular weight excluding hydrogens is 431 g/mol. The molecule has 31 heavy (non-hydrogen) atoms. The SMILES string of the molecule is CC(C)OC(=O)Nc1ccc(-c2cnc(C3CCCCC3)s2)c(NC(=O)C(F)(F)F)c1. The van der Waals surface area contributed by atoms with Gasteiger partial charge in [0.1, 0.15) is 0 Å². The summed E-state index contributed by atoms with van der Waals surface area (Å²) in [5, 5.41) is 5.32. The zero-order valence-corrected chi connectivity index (χ0v) is 18.0. The molecule has 2 N–H and O–H groups in total. The number of anilines is 2. The summed E-state index contributed by atoms with van der Waals surface area (Å²) in [6.45, 7) is 3.34. The van der Waals surface area contributed by atoms with E-state index in [9.17, 15) is 22.8 Å². The summed E-state index contributed by atoms with van der Waals surface area (Å²) in [4.78, 5) is 28.6. The lowest BCUT2D eigenvalue weighted by Crippen LogP contribution is -2.30. The number of alkyl halides is 3. The van der Waals surface area contributed by atoms with Crippen LogP contribution in [0, 0.1) is 0 Å². The molecule has 168 valence electrons. The second kappa shape index (κ2) is 9.67. The molecule has 3 rings (SSSR count). The molecule has 0 saturated heterocycles. The van der Waals surface area contributed by atoms with Crippen molar-refractivity contribution in [1.29, 1.82) is 0 Å². The lowest BCUT2D eigenvalue weighted by Gasteiger charge is -2.19. The van der Waals surface area contributed by atoms with E-state index in [1.54, 1.807) is 32.2 Å². The summed E-state index contributed by atoms with van der Waals surface area (Å²) in [5.74, 6) is -1.74. The topological polar surface area (TPSA) is 80.3 Å². The molecule has 0 spiro atoms. The Bertz CT molecular complexity index is 937. The molecule has 0 unspecified atom stereocenters. The number of carbonyl (C=O) groups excluding carboxylic acids is 2. The van der Waals surface area contributed by atoms with E-state index in [0.717, 1.165) is 30.7 Å². The summed E-state index contributed by atoms with van der Waals surface area (Å²) >= 11 is 1.41. The number of benzene rings is 1. The highest BCUT2D eigenvalue weighted by molar-refractivity contribution is 7.15. The Hall–Kier alpha value is -2.62. The molecule has 1 aliphatic carbocycles. The standard InChI is InChI=1S/C21H24F3N3O3S/c1-12(2)30-20(29)26-14-8-9-15(16(10-14)27-19(28)21(22,23)24)17-11-25-18(31-17)13-6-4-3-5-7-13/h8-13H,3-7H2,1-2H3,(H,26,29)(H,27,28). The van der Waals surface area contributed by atoms with E-state index >= 15 is 0 Å². The third-order valence-corrected chi connectivity index (χ3v) is 6.05. The minimum atomic E-state index is -5.04. The molecule has 1 aromatic heterocycles. The quantitative estimate of drug-likeness (QED) is 0.553. The highest BCUT2D eigenvalue weighted by Gasteiger charge is 2.39. The van der Waals surface area contributed by atoms with Gasteiger partial charge in [0.05, 0.1) is 21.7 Å². The van der Waals surface area contributed by atoms with E-state index < -0.39 is 18.2 Å². The first-order valence-corrected chi connectivity index (χ1v) is 10.9. The number of hydrogen-bond donors (Lipinski definition) is 2. The second-order valence-electron chi connectivity index (χ2n) is 7.69. The Morgan fingerprint density at radius 1 is 1.16 bits per heavy atom. The van der Waals surface area contributed by atoms with E-state index in [2.05, 4.69) is 10.3 Å². The zero-order chi connectivity index (χ0) is 22.6.